The molecule has 0 unspecified atom stereocenters. The van der Waals surface area contributed by atoms with E-state index in [9.17, 15) is 4.79 Å². The van der Waals surface area contributed by atoms with E-state index in [-0.39, 0.29) is 11.9 Å². The molecular weight excluding hydrogens is 335 g/mol. The first-order valence-corrected chi connectivity index (χ1v) is 8.84. The second-order valence-electron chi connectivity index (χ2n) is 6.11. The fraction of sp³-hybridized carbons (Fsp3) is 0.588. The number of halogens is 2. The van der Waals surface area contributed by atoms with Crippen molar-refractivity contribution in [2.45, 2.75) is 38.6 Å². The molecule has 0 saturated carbocycles. The molecule has 0 spiro atoms. The van der Waals surface area contributed by atoms with E-state index in [1.807, 2.05) is 11.8 Å². The van der Waals surface area contributed by atoms with Crippen LogP contribution in [0.5, 0.6) is 5.75 Å². The average Bonchev–Trinajstić information content (AvgIpc) is 2.55. The van der Waals surface area contributed by atoms with Crippen LogP contribution in [0.15, 0.2) is 18.2 Å². The minimum absolute atomic E-state index is 0.138. The molecule has 1 fully saturated rings. The predicted octanol–water partition coefficient (Wildman–Crippen LogP) is 3.74. The van der Waals surface area contributed by atoms with E-state index in [0.717, 1.165) is 25.9 Å². The topological polar surface area (TPSA) is 55.6 Å². The third-order valence-electron chi connectivity index (χ3n) is 4.26. The van der Waals surface area contributed by atoms with Crippen LogP contribution in [0.3, 0.4) is 0 Å². The Kier molecular flexibility index (Phi) is 7.00. The molecule has 0 aliphatic carbocycles. The van der Waals surface area contributed by atoms with Crippen molar-refractivity contribution >= 4 is 29.1 Å². The van der Waals surface area contributed by atoms with Gasteiger partial charge in [0.1, 0.15) is 10.8 Å². The van der Waals surface area contributed by atoms with Crippen LogP contribution in [0.4, 0.5) is 0 Å². The summed E-state index contributed by atoms with van der Waals surface area (Å²) >= 11 is 12.0. The molecule has 6 heteroatoms. The van der Waals surface area contributed by atoms with E-state index >= 15 is 0 Å². The summed E-state index contributed by atoms with van der Waals surface area (Å²) in [4.78, 5) is 14.2. The van der Waals surface area contributed by atoms with Crippen molar-refractivity contribution in [1.82, 2.24) is 4.90 Å². The summed E-state index contributed by atoms with van der Waals surface area (Å²) in [5.41, 5.74) is 5.96. The van der Waals surface area contributed by atoms with Crippen molar-refractivity contribution in [3.05, 3.63) is 28.2 Å². The van der Waals surface area contributed by atoms with Gasteiger partial charge >= 0.3 is 0 Å². The first-order valence-electron chi connectivity index (χ1n) is 8.09. The van der Waals surface area contributed by atoms with Crippen molar-refractivity contribution in [2.75, 3.05) is 19.7 Å². The van der Waals surface area contributed by atoms with Crippen LogP contribution in [-0.2, 0) is 4.79 Å². The average molecular weight is 359 g/mol. The van der Waals surface area contributed by atoms with Gasteiger partial charge < -0.3 is 15.4 Å². The van der Waals surface area contributed by atoms with Gasteiger partial charge in [0.05, 0.1) is 11.6 Å². The maximum atomic E-state index is 12.3. The van der Waals surface area contributed by atoms with Crippen molar-refractivity contribution in [2.24, 2.45) is 11.7 Å². The summed E-state index contributed by atoms with van der Waals surface area (Å²) in [5, 5.41) is 0.881. The van der Waals surface area contributed by atoms with Crippen molar-refractivity contribution < 1.29 is 9.53 Å². The molecular formula is C17H24Cl2N2O2. The lowest BCUT2D eigenvalue weighted by Crippen LogP contribution is -2.45. The van der Waals surface area contributed by atoms with Crippen molar-refractivity contribution in [1.29, 1.82) is 0 Å². The molecule has 0 aromatic heterocycles. The number of nitrogens with two attached hydrogens (primary N) is 1. The van der Waals surface area contributed by atoms with Gasteiger partial charge in [0.15, 0.2) is 0 Å². The minimum Gasteiger partial charge on any atom is -0.492 e. The normalized spacial score (nSPS) is 19.5. The number of ether oxygens (including phenoxy) is 1. The van der Waals surface area contributed by atoms with Crippen LogP contribution in [0.2, 0.25) is 10.0 Å². The SMILES string of the molecule is C[C@H](N)[C@H]1CCCN(C(=O)CCCOc2cccc(Cl)c2Cl)C1. The quantitative estimate of drug-likeness (QED) is 0.788. The maximum Gasteiger partial charge on any atom is 0.222 e. The summed E-state index contributed by atoms with van der Waals surface area (Å²) in [6.07, 6.45) is 3.27. The molecule has 23 heavy (non-hydrogen) atoms. The first-order chi connectivity index (χ1) is 11.0. The number of likely N-dealkylation sites (tertiary alicyclic amines) is 1. The number of hydrogen-bond acceptors (Lipinski definition) is 3. The third-order valence-corrected chi connectivity index (χ3v) is 5.06. The second kappa shape index (κ2) is 8.76. The second-order valence-corrected chi connectivity index (χ2v) is 6.89. The van der Waals surface area contributed by atoms with Crippen molar-refractivity contribution in [3.8, 4) is 5.75 Å². The number of amides is 1. The highest BCUT2D eigenvalue weighted by Crippen LogP contribution is 2.31. The Morgan fingerprint density at radius 2 is 2.26 bits per heavy atom. The van der Waals surface area contributed by atoms with Crippen LogP contribution in [0.1, 0.15) is 32.6 Å². The molecule has 1 aliphatic heterocycles. The highest BCUT2D eigenvalue weighted by Gasteiger charge is 2.25. The lowest BCUT2D eigenvalue weighted by molar-refractivity contribution is -0.133. The lowest BCUT2D eigenvalue weighted by atomic mass is 9.92. The smallest absolute Gasteiger partial charge is 0.222 e. The molecule has 4 nitrogen and oxygen atoms in total. The fourth-order valence-corrected chi connectivity index (χ4v) is 3.17. The molecule has 2 atom stereocenters. The summed E-state index contributed by atoms with van der Waals surface area (Å²) in [5.74, 6) is 1.15. The number of nitrogens with zero attached hydrogens (tertiary/aromatic N) is 1. The molecule has 1 aliphatic rings. The third kappa shape index (κ3) is 5.27. The molecule has 1 aromatic carbocycles. The largest absolute Gasteiger partial charge is 0.492 e. The highest BCUT2D eigenvalue weighted by atomic mass is 35.5. The molecule has 1 amide bonds. The van der Waals surface area contributed by atoms with E-state index in [2.05, 4.69) is 0 Å². The van der Waals surface area contributed by atoms with Crippen LogP contribution >= 0.6 is 23.2 Å². The Morgan fingerprint density at radius 1 is 1.48 bits per heavy atom. The predicted molar refractivity (Wildman–Crippen MR) is 94.1 cm³/mol. The van der Waals surface area contributed by atoms with E-state index in [4.69, 9.17) is 33.7 Å². The summed E-state index contributed by atoms with van der Waals surface area (Å²) < 4.78 is 5.61. The van der Waals surface area contributed by atoms with E-state index in [1.54, 1.807) is 18.2 Å². The Balaban J connectivity index is 1.73. The van der Waals surface area contributed by atoms with Gasteiger partial charge in [-0.3, -0.25) is 4.79 Å². The van der Waals surface area contributed by atoms with Crippen LogP contribution in [0, 0.1) is 5.92 Å². The van der Waals surface area contributed by atoms with Crippen molar-refractivity contribution in [3.63, 3.8) is 0 Å². The van der Waals surface area contributed by atoms with Gasteiger partial charge in [0.2, 0.25) is 5.91 Å². The number of benzene rings is 1. The van der Waals surface area contributed by atoms with E-state index < -0.39 is 0 Å². The number of hydrogen-bond donors (Lipinski definition) is 1. The summed E-state index contributed by atoms with van der Waals surface area (Å²) in [6.45, 7) is 4.07. The van der Waals surface area contributed by atoms with Gasteiger partial charge in [-0.15, -0.1) is 0 Å². The summed E-state index contributed by atoms with van der Waals surface area (Å²) in [7, 11) is 0. The lowest BCUT2D eigenvalue weighted by Gasteiger charge is -2.34. The van der Waals surface area contributed by atoms with Gasteiger partial charge in [-0.2, -0.15) is 0 Å². The number of carbonyl (C=O) groups is 1. The molecule has 1 aromatic rings. The van der Waals surface area contributed by atoms with Gasteiger partial charge in [-0.05, 0) is 44.2 Å². The zero-order valence-corrected chi connectivity index (χ0v) is 14.9. The van der Waals surface area contributed by atoms with Crippen LogP contribution in [0.25, 0.3) is 0 Å². The van der Waals surface area contributed by atoms with Gasteiger partial charge in [0, 0.05) is 25.6 Å². The molecule has 0 bridgehead atoms. The van der Waals surface area contributed by atoms with Gasteiger partial charge in [0.25, 0.3) is 0 Å². The van der Waals surface area contributed by atoms with Gasteiger partial charge in [-0.25, -0.2) is 0 Å². The molecule has 128 valence electrons. The van der Waals surface area contributed by atoms with E-state index in [0.29, 0.717) is 41.2 Å². The Hall–Kier alpha value is -0.970. The zero-order chi connectivity index (χ0) is 16.8. The molecule has 2 N–H and O–H groups in total. The van der Waals surface area contributed by atoms with E-state index in [1.165, 1.54) is 0 Å². The maximum absolute atomic E-state index is 12.3. The number of rotatable bonds is 6. The first kappa shape index (κ1) is 18.4. The van der Waals surface area contributed by atoms with Crippen LogP contribution in [-0.4, -0.2) is 36.5 Å². The standard InChI is InChI=1S/C17H24Cl2N2O2/c1-12(20)13-5-3-9-21(11-13)16(22)8-4-10-23-15-7-2-6-14(18)17(15)19/h2,6-7,12-13H,3-5,8-11,20H2,1H3/t12-,13-/m0/s1. The zero-order valence-electron chi connectivity index (χ0n) is 13.4. The molecule has 0 radical (unpaired) electrons. The Morgan fingerprint density at radius 3 is 3.00 bits per heavy atom. The number of piperidine rings is 1. The fourth-order valence-electron chi connectivity index (χ4n) is 2.82. The Labute approximate surface area is 147 Å². The van der Waals surface area contributed by atoms with Gasteiger partial charge in [-0.1, -0.05) is 29.3 Å². The molecule has 2 rings (SSSR count). The summed E-state index contributed by atoms with van der Waals surface area (Å²) in [6, 6.07) is 5.41. The van der Waals surface area contributed by atoms with Crippen LogP contribution < -0.4 is 10.5 Å². The highest BCUT2D eigenvalue weighted by molar-refractivity contribution is 6.42. The monoisotopic (exact) mass is 358 g/mol. The minimum atomic E-state index is 0.138. The Bertz CT molecular complexity index is 537. The molecule has 1 saturated heterocycles. The molecule has 1 heterocycles. The number of carbonyl (C=O) groups excluding carboxylic acids is 1.